The number of thiocarbonyl (C=S) groups is 1. The number of alkyl halides is 3. The van der Waals surface area contributed by atoms with Gasteiger partial charge in [0, 0.05) is 47.9 Å². The Labute approximate surface area is 210 Å². The zero-order chi connectivity index (χ0) is 23.0. The van der Waals surface area contributed by atoms with E-state index in [0.717, 1.165) is 12.1 Å². The fraction of sp³-hybridized carbons (Fsp3) is 0.381. The zero-order valence-electron chi connectivity index (χ0n) is 16.7. The number of hydrogen-bond acceptors (Lipinski definition) is 3. The molecule has 2 aromatic rings. The number of aromatic nitrogens is 1. The first-order valence-electron chi connectivity index (χ1n) is 10.00. The Bertz CT molecular complexity index is 1090. The van der Waals surface area contributed by atoms with Gasteiger partial charge in [-0.1, -0.05) is 52.5 Å². The van der Waals surface area contributed by atoms with Crippen LogP contribution in [0.15, 0.2) is 47.3 Å². The Balaban J connectivity index is 1.47. The van der Waals surface area contributed by atoms with Gasteiger partial charge in [0.2, 0.25) is 3.79 Å². The molecule has 3 atom stereocenters. The number of rotatable bonds is 3. The molecule has 0 aliphatic carbocycles. The maximum Gasteiger partial charge on any atom is 0.252 e. The van der Waals surface area contributed by atoms with E-state index in [9.17, 15) is 9.59 Å². The highest BCUT2D eigenvalue weighted by molar-refractivity contribution is 7.80. The summed E-state index contributed by atoms with van der Waals surface area (Å²) in [5.41, 5.74) is 1.40. The normalized spacial score (nSPS) is 20.8. The van der Waals surface area contributed by atoms with Gasteiger partial charge in [-0.05, 0) is 54.9 Å². The van der Waals surface area contributed by atoms with Crippen molar-refractivity contribution in [1.82, 2.24) is 20.1 Å². The average molecular weight is 534 g/mol. The molecule has 2 aliphatic rings. The molecule has 1 unspecified atom stereocenters. The summed E-state index contributed by atoms with van der Waals surface area (Å²) in [5, 5.41) is 6.57. The minimum absolute atomic E-state index is 0.0209. The Morgan fingerprint density at radius 1 is 1.06 bits per heavy atom. The molecule has 170 valence electrons. The molecule has 0 saturated carbocycles. The molecule has 1 aromatic carbocycles. The monoisotopic (exact) mass is 532 g/mol. The van der Waals surface area contributed by atoms with Gasteiger partial charge in [-0.15, -0.1) is 0 Å². The number of halogens is 4. The highest BCUT2D eigenvalue weighted by atomic mass is 35.6. The van der Waals surface area contributed by atoms with E-state index in [1.54, 1.807) is 36.4 Å². The van der Waals surface area contributed by atoms with Crippen LogP contribution in [0.2, 0.25) is 5.02 Å². The first-order chi connectivity index (χ1) is 15.1. The summed E-state index contributed by atoms with van der Waals surface area (Å²) in [6.07, 6.45) is -0.0659. The van der Waals surface area contributed by atoms with Crippen LogP contribution in [0.3, 0.4) is 0 Å². The standard InChI is InChI=1S/C21H20Cl4N4O2S/c22-15-6-4-13(5-7-15)18(31)26-19(21(23,24)25)27-20(32)28-9-12-8-14(11-28)16-2-1-3-17(30)29(16)10-12/h1-7,12,14,19H,8-11H2,(H,26,31)(H,27,32)/t12-,14+,19?/m1/s1. The molecular formula is C21H20Cl4N4O2S. The van der Waals surface area contributed by atoms with Crippen molar-refractivity contribution in [2.24, 2.45) is 5.92 Å². The van der Waals surface area contributed by atoms with Crippen LogP contribution in [0, 0.1) is 5.92 Å². The highest BCUT2D eigenvalue weighted by Gasteiger charge is 2.39. The molecule has 32 heavy (non-hydrogen) atoms. The van der Waals surface area contributed by atoms with E-state index in [2.05, 4.69) is 10.6 Å². The molecule has 4 rings (SSSR count). The minimum atomic E-state index is -1.85. The largest absolute Gasteiger partial charge is 0.348 e. The van der Waals surface area contributed by atoms with Gasteiger partial charge < -0.3 is 20.1 Å². The molecule has 11 heteroatoms. The molecule has 1 amide bonds. The van der Waals surface area contributed by atoms with E-state index in [1.165, 1.54) is 0 Å². The third kappa shape index (κ3) is 5.18. The van der Waals surface area contributed by atoms with E-state index < -0.39 is 15.9 Å². The smallest absolute Gasteiger partial charge is 0.252 e. The van der Waals surface area contributed by atoms with Gasteiger partial charge in [-0.3, -0.25) is 9.59 Å². The fourth-order valence-electron chi connectivity index (χ4n) is 4.29. The molecule has 1 saturated heterocycles. The topological polar surface area (TPSA) is 66.4 Å². The van der Waals surface area contributed by atoms with Crippen LogP contribution in [-0.2, 0) is 6.54 Å². The zero-order valence-corrected chi connectivity index (χ0v) is 20.6. The lowest BCUT2D eigenvalue weighted by atomic mass is 9.83. The van der Waals surface area contributed by atoms with Gasteiger partial charge >= 0.3 is 0 Å². The van der Waals surface area contributed by atoms with Crippen molar-refractivity contribution in [2.75, 3.05) is 13.1 Å². The van der Waals surface area contributed by atoms with E-state index in [1.807, 2.05) is 15.5 Å². The second kappa shape index (κ2) is 9.39. The van der Waals surface area contributed by atoms with Crippen LogP contribution in [0.5, 0.6) is 0 Å². The van der Waals surface area contributed by atoms with Crippen molar-refractivity contribution in [3.05, 3.63) is 69.1 Å². The van der Waals surface area contributed by atoms with Crippen LogP contribution in [0.1, 0.15) is 28.4 Å². The Morgan fingerprint density at radius 3 is 2.47 bits per heavy atom. The van der Waals surface area contributed by atoms with Crippen LogP contribution < -0.4 is 16.2 Å². The number of fused-ring (bicyclic) bond motifs is 4. The Hall–Kier alpha value is -1.51. The number of benzene rings is 1. The van der Waals surface area contributed by atoms with E-state index in [4.69, 9.17) is 58.6 Å². The van der Waals surface area contributed by atoms with E-state index >= 15 is 0 Å². The van der Waals surface area contributed by atoms with Gasteiger partial charge in [0.05, 0.1) is 0 Å². The second-order valence-corrected chi connectivity index (χ2v) is 11.2. The average Bonchev–Trinajstić information content (AvgIpc) is 2.73. The number of amides is 1. The summed E-state index contributed by atoms with van der Waals surface area (Å²) in [5.74, 6) is 0.0131. The molecular weight excluding hydrogens is 514 g/mol. The molecule has 2 bridgehead atoms. The molecule has 2 N–H and O–H groups in total. The van der Waals surface area contributed by atoms with Crippen molar-refractivity contribution in [2.45, 2.75) is 28.8 Å². The van der Waals surface area contributed by atoms with Crippen LogP contribution >= 0.6 is 58.6 Å². The summed E-state index contributed by atoms with van der Waals surface area (Å²) < 4.78 is 0.000814. The van der Waals surface area contributed by atoms with Crippen LogP contribution in [0.4, 0.5) is 0 Å². The summed E-state index contributed by atoms with van der Waals surface area (Å²) in [4.78, 5) is 26.9. The van der Waals surface area contributed by atoms with Crippen LogP contribution in [-0.4, -0.2) is 43.5 Å². The molecule has 0 spiro atoms. The number of pyridine rings is 1. The van der Waals surface area contributed by atoms with Crippen molar-refractivity contribution in [3.63, 3.8) is 0 Å². The van der Waals surface area contributed by atoms with Crippen molar-refractivity contribution < 1.29 is 4.79 Å². The third-order valence-corrected chi connectivity index (χ3v) is 7.03. The number of carbonyl (C=O) groups is 1. The summed E-state index contributed by atoms with van der Waals surface area (Å²) in [6.45, 7) is 1.94. The molecule has 3 heterocycles. The third-order valence-electron chi connectivity index (χ3n) is 5.74. The highest BCUT2D eigenvalue weighted by Crippen LogP contribution is 2.35. The maximum absolute atomic E-state index is 12.6. The Kier molecular flexibility index (Phi) is 6.94. The lowest BCUT2D eigenvalue weighted by molar-refractivity contribution is 0.0933. The lowest BCUT2D eigenvalue weighted by Gasteiger charge is -2.44. The number of piperidine rings is 1. The summed E-state index contributed by atoms with van der Waals surface area (Å²) >= 11 is 29.9. The molecule has 1 fully saturated rings. The van der Waals surface area contributed by atoms with Gasteiger partial charge in [0.15, 0.2) is 5.11 Å². The van der Waals surface area contributed by atoms with Gasteiger partial charge in [-0.2, -0.15) is 0 Å². The summed E-state index contributed by atoms with van der Waals surface area (Å²) in [7, 11) is 0. The first kappa shape index (κ1) is 23.6. The van der Waals surface area contributed by atoms with E-state index in [0.29, 0.717) is 35.3 Å². The predicted octanol–water partition coefficient (Wildman–Crippen LogP) is 3.92. The summed E-state index contributed by atoms with van der Waals surface area (Å²) in [6, 6.07) is 11.7. The van der Waals surface area contributed by atoms with Gasteiger partial charge in [0.25, 0.3) is 11.5 Å². The van der Waals surface area contributed by atoms with Crippen molar-refractivity contribution in [1.29, 1.82) is 0 Å². The van der Waals surface area contributed by atoms with Crippen molar-refractivity contribution in [3.8, 4) is 0 Å². The number of nitrogens with one attached hydrogen (secondary N) is 2. The Morgan fingerprint density at radius 2 is 1.78 bits per heavy atom. The first-order valence-corrected chi connectivity index (χ1v) is 11.9. The van der Waals surface area contributed by atoms with E-state index in [-0.39, 0.29) is 17.4 Å². The van der Waals surface area contributed by atoms with Gasteiger partial charge in [0.1, 0.15) is 6.17 Å². The second-order valence-electron chi connectivity index (χ2n) is 8.01. The lowest BCUT2D eigenvalue weighted by Crippen LogP contribution is -2.60. The number of carbonyl (C=O) groups excluding carboxylic acids is 1. The maximum atomic E-state index is 12.6. The number of hydrogen-bond donors (Lipinski definition) is 2. The molecule has 2 aliphatic heterocycles. The van der Waals surface area contributed by atoms with Gasteiger partial charge in [-0.25, -0.2) is 0 Å². The number of likely N-dealkylation sites (tertiary alicyclic amines) is 1. The fourth-order valence-corrected chi connectivity index (χ4v) is 5.01. The van der Waals surface area contributed by atoms with Crippen LogP contribution in [0.25, 0.3) is 0 Å². The molecule has 6 nitrogen and oxygen atoms in total. The minimum Gasteiger partial charge on any atom is -0.348 e. The molecule has 1 aromatic heterocycles. The molecule has 0 radical (unpaired) electrons. The van der Waals surface area contributed by atoms with Crippen molar-refractivity contribution >= 4 is 69.6 Å². The predicted molar refractivity (Wildman–Crippen MR) is 132 cm³/mol. The SMILES string of the molecule is O=C(NC(NC(=S)N1C[C@H]2C[C@@H](C1)c1cccc(=O)n1C2)C(Cl)(Cl)Cl)c1ccc(Cl)cc1. The quantitative estimate of drug-likeness (QED) is 0.355. The number of nitrogens with zero attached hydrogens (tertiary/aromatic N) is 2.